The summed E-state index contributed by atoms with van der Waals surface area (Å²) in [4.78, 5) is 12.8. The van der Waals surface area contributed by atoms with E-state index >= 15 is 0 Å². The summed E-state index contributed by atoms with van der Waals surface area (Å²) in [6.07, 6.45) is -0.762. The van der Waals surface area contributed by atoms with E-state index in [9.17, 15) is 9.00 Å². The first-order valence-electron chi connectivity index (χ1n) is 5.05. The van der Waals surface area contributed by atoms with Crippen molar-refractivity contribution in [1.29, 1.82) is 0 Å². The normalized spacial score (nSPS) is 21.4. The number of rotatable bonds is 5. The Morgan fingerprint density at radius 1 is 1.53 bits per heavy atom. The summed E-state index contributed by atoms with van der Waals surface area (Å²) >= 11 is 0. The maximum Gasteiger partial charge on any atom is 0.334 e. The Kier molecular flexibility index (Phi) is 5.21. The summed E-state index contributed by atoms with van der Waals surface area (Å²) in [7, 11) is -0.720. The molecule has 1 aliphatic heterocycles. The van der Waals surface area contributed by atoms with Crippen molar-refractivity contribution < 1.29 is 18.8 Å². The lowest BCUT2D eigenvalue weighted by Gasteiger charge is -2.28. The van der Waals surface area contributed by atoms with Crippen molar-refractivity contribution in [3.05, 3.63) is 0 Å². The fourth-order valence-electron chi connectivity index (χ4n) is 1.50. The molecule has 1 N–H and O–H groups in total. The predicted octanol–water partition coefficient (Wildman–Crippen LogP) is -0.460. The highest BCUT2D eigenvalue weighted by atomic mass is 32.2. The van der Waals surface area contributed by atoms with Gasteiger partial charge in [-0.05, 0) is 6.92 Å². The molecule has 1 fully saturated rings. The van der Waals surface area contributed by atoms with Crippen molar-refractivity contribution >= 4 is 16.8 Å². The molecule has 1 unspecified atom stereocenters. The molecule has 1 atom stereocenters. The van der Waals surface area contributed by atoms with Crippen LogP contribution in [0.15, 0.2) is 0 Å². The smallest absolute Gasteiger partial charge is 0.334 e. The molecule has 0 aromatic rings. The zero-order chi connectivity index (χ0) is 11.3. The van der Waals surface area contributed by atoms with Crippen LogP contribution in [0, 0.1) is 0 Å². The van der Waals surface area contributed by atoms with Gasteiger partial charge in [0.1, 0.15) is 0 Å². The zero-order valence-electron chi connectivity index (χ0n) is 8.85. The highest BCUT2D eigenvalue weighted by Gasteiger charge is 2.23. The first kappa shape index (κ1) is 12.6. The topological polar surface area (TPSA) is 66.8 Å². The maximum absolute atomic E-state index is 11.1. The summed E-state index contributed by atoms with van der Waals surface area (Å²) in [5.41, 5.74) is 0. The lowest BCUT2D eigenvalue weighted by Crippen LogP contribution is -2.45. The van der Waals surface area contributed by atoms with Gasteiger partial charge in [-0.2, -0.15) is 0 Å². The molecule has 1 aliphatic rings. The van der Waals surface area contributed by atoms with Gasteiger partial charge in [0.2, 0.25) is 0 Å². The van der Waals surface area contributed by atoms with Gasteiger partial charge in [-0.1, -0.05) is 0 Å². The van der Waals surface area contributed by atoms with E-state index in [1.807, 2.05) is 4.90 Å². The largest absolute Gasteiger partial charge is 0.479 e. The molecule has 0 bridgehead atoms. The molecule has 1 rings (SSSR count). The maximum atomic E-state index is 11.1. The van der Waals surface area contributed by atoms with Gasteiger partial charge in [0.25, 0.3) is 0 Å². The van der Waals surface area contributed by atoms with E-state index in [2.05, 4.69) is 0 Å². The van der Waals surface area contributed by atoms with Crippen LogP contribution in [0.3, 0.4) is 0 Å². The number of ether oxygens (including phenoxy) is 1. The van der Waals surface area contributed by atoms with Crippen LogP contribution in [0.4, 0.5) is 0 Å². The minimum absolute atomic E-state index is 0.389. The minimum atomic E-state index is -0.927. The number of carboxylic acid groups (broad SMARTS) is 1. The van der Waals surface area contributed by atoms with Gasteiger partial charge < -0.3 is 9.84 Å². The Morgan fingerprint density at radius 2 is 2.13 bits per heavy atom. The van der Waals surface area contributed by atoms with Crippen LogP contribution in [0.1, 0.15) is 6.92 Å². The molecule has 0 spiro atoms. The summed E-state index contributed by atoms with van der Waals surface area (Å²) in [5.74, 6) is 0.347. The zero-order valence-corrected chi connectivity index (χ0v) is 9.66. The van der Waals surface area contributed by atoms with Gasteiger partial charge in [-0.25, -0.2) is 4.79 Å². The van der Waals surface area contributed by atoms with Crippen LogP contribution in [0.25, 0.3) is 0 Å². The molecule has 0 aromatic heterocycles. The number of hydrogen-bond donors (Lipinski definition) is 1. The van der Waals surface area contributed by atoms with Gasteiger partial charge in [0.05, 0.1) is 0 Å². The summed E-state index contributed by atoms with van der Waals surface area (Å²) in [6.45, 7) is 3.96. The monoisotopic (exact) mass is 235 g/mol. The molecule has 1 saturated heterocycles. The SMILES string of the molecule is CCOC(CN1CCS(=O)CC1)C(=O)O. The van der Waals surface area contributed by atoms with E-state index in [4.69, 9.17) is 9.84 Å². The second-order valence-corrected chi connectivity index (χ2v) is 5.13. The quantitative estimate of drug-likeness (QED) is 0.698. The van der Waals surface area contributed by atoms with E-state index in [0.29, 0.717) is 37.7 Å². The van der Waals surface area contributed by atoms with Crippen molar-refractivity contribution in [3.63, 3.8) is 0 Å². The van der Waals surface area contributed by atoms with Crippen molar-refractivity contribution in [1.82, 2.24) is 4.90 Å². The Balaban J connectivity index is 2.37. The fraction of sp³-hybridized carbons (Fsp3) is 0.889. The fourth-order valence-corrected chi connectivity index (χ4v) is 2.62. The van der Waals surface area contributed by atoms with Crippen LogP contribution in [0.2, 0.25) is 0 Å². The van der Waals surface area contributed by atoms with E-state index < -0.39 is 22.9 Å². The van der Waals surface area contributed by atoms with Crippen LogP contribution >= 0.6 is 0 Å². The second-order valence-electron chi connectivity index (χ2n) is 3.43. The lowest BCUT2D eigenvalue weighted by molar-refractivity contribution is -0.151. The Bertz CT molecular complexity index is 236. The number of hydrogen-bond acceptors (Lipinski definition) is 4. The van der Waals surface area contributed by atoms with E-state index in [0.717, 1.165) is 0 Å². The van der Waals surface area contributed by atoms with E-state index in [-0.39, 0.29) is 0 Å². The van der Waals surface area contributed by atoms with Crippen LogP contribution < -0.4 is 0 Å². The van der Waals surface area contributed by atoms with Crippen molar-refractivity contribution in [3.8, 4) is 0 Å². The number of carbonyl (C=O) groups is 1. The lowest BCUT2D eigenvalue weighted by atomic mass is 10.3. The molecule has 0 radical (unpaired) electrons. The standard InChI is InChI=1S/C9H17NO4S/c1-2-14-8(9(11)12)7-10-3-5-15(13)6-4-10/h8H,2-7H2,1H3,(H,11,12). The molecule has 6 heteroatoms. The van der Waals surface area contributed by atoms with Gasteiger partial charge in [0.15, 0.2) is 6.10 Å². The molecule has 0 amide bonds. The van der Waals surface area contributed by atoms with E-state index in [1.54, 1.807) is 6.92 Å². The third-order valence-electron chi connectivity index (χ3n) is 2.34. The minimum Gasteiger partial charge on any atom is -0.479 e. The number of nitrogens with zero attached hydrogens (tertiary/aromatic N) is 1. The second kappa shape index (κ2) is 6.19. The van der Waals surface area contributed by atoms with Crippen molar-refractivity contribution in [2.24, 2.45) is 0 Å². The van der Waals surface area contributed by atoms with E-state index in [1.165, 1.54) is 0 Å². The molecule has 88 valence electrons. The molecular formula is C9H17NO4S. The third kappa shape index (κ3) is 4.27. The van der Waals surface area contributed by atoms with Crippen LogP contribution in [-0.4, -0.2) is 64.0 Å². The van der Waals surface area contributed by atoms with Gasteiger partial charge in [-0.3, -0.25) is 9.11 Å². The Labute approximate surface area is 91.9 Å². The van der Waals surface area contributed by atoms with Crippen LogP contribution in [-0.2, 0) is 20.3 Å². The Hall–Kier alpha value is -0.460. The van der Waals surface area contributed by atoms with Crippen molar-refractivity contribution in [2.45, 2.75) is 13.0 Å². The van der Waals surface area contributed by atoms with Crippen LogP contribution in [0.5, 0.6) is 0 Å². The van der Waals surface area contributed by atoms with Gasteiger partial charge >= 0.3 is 5.97 Å². The molecule has 1 heterocycles. The summed E-state index contributed by atoms with van der Waals surface area (Å²) in [5, 5.41) is 8.88. The average Bonchev–Trinajstić information content (AvgIpc) is 2.20. The van der Waals surface area contributed by atoms with Gasteiger partial charge in [0, 0.05) is 48.5 Å². The molecule has 0 saturated carbocycles. The van der Waals surface area contributed by atoms with Gasteiger partial charge in [-0.15, -0.1) is 0 Å². The molecule has 5 nitrogen and oxygen atoms in total. The molecule has 0 aromatic carbocycles. The Morgan fingerprint density at radius 3 is 2.60 bits per heavy atom. The number of carboxylic acids is 1. The third-order valence-corrected chi connectivity index (χ3v) is 3.61. The van der Waals surface area contributed by atoms with Crippen molar-refractivity contribution in [2.75, 3.05) is 37.7 Å². The molecule has 15 heavy (non-hydrogen) atoms. The molecular weight excluding hydrogens is 218 g/mol. The molecule has 0 aliphatic carbocycles. The first-order chi connectivity index (χ1) is 7.13. The first-order valence-corrected chi connectivity index (χ1v) is 6.54. The predicted molar refractivity (Wildman–Crippen MR) is 57.4 cm³/mol. The highest BCUT2D eigenvalue weighted by molar-refractivity contribution is 7.85. The summed E-state index contributed by atoms with van der Waals surface area (Å²) in [6, 6.07) is 0. The highest BCUT2D eigenvalue weighted by Crippen LogP contribution is 2.03. The average molecular weight is 235 g/mol. The summed E-state index contributed by atoms with van der Waals surface area (Å²) < 4.78 is 16.2. The number of aliphatic carboxylic acids is 1.